The topological polar surface area (TPSA) is 64.2 Å². The minimum absolute atomic E-state index is 0.0456. The first-order chi connectivity index (χ1) is 15.4. The molecule has 1 aromatic heterocycles. The summed E-state index contributed by atoms with van der Waals surface area (Å²) in [4.78, 5) is 19.4. The fraction of sp³-hybridized carbons (Fsp3) is 0.364. The smallest absolute Gasteiger partial charge is 0.417 e. The number of benzene rings is 2. The van der Waals surface area contributed by atoms with Crippen LogP contribution < -0.4 is 10.3 Å². The summed E-state index contributed by atoms with van der Waals surface area (Å²) in [6, 6.07) is 6.25. The Morgan fingerprint density at radius 2 is 1.91 bits per heavy atom. The molecule has 0 aliphatic carbocycles. The first-order valence-electron chi connectivity index (χ1n) is 9.85. The second kappa shape index (κ2) is 7.95. The minimum atomic E-state index is -4.81. The number of alkyl halides is 3. The Labute approximate surface area is 189 Å². The van der Waals surface area contributed by atoms with Gasteiger partial charge in [-0.25, -0.2) is 9.37 Å². The van der Waals surface area contributed by atoms with Gasteiger partial charge in [-0.3, -0.25) is 4.79 Å². The molecule has 33 heavy (non-hydrogen) atoms. The first kappa shape index (κ1) is 23.4. The molecule has 0 amide bonds. The lowest BCUT2D eigenvalue weighted by atomic mass is 9.77. The van der Waals surface area contributed by atoms with Gasteiger partial charge in [0.05, 0.1) is 18.0 Å². The van der Waals surface area contributed by atoms with E-state index in [9.17, 15) is 26.7 Å². The average Bonchev–Trinajstić information content (AvgIpc) is 3.01. The van der Waals surface area contributed by atoms with Crippen LogP contribution in [0.15, 0.2) is 35.1 Å². The summed E-state index contributed by atoms with van der Waals surface area (Å²) in [7, 11) is 1.08. The maximum atomic E-state index is 14.5. The highest BCUT2D eigenvalue weighted by atomic mass is 35.5. The van der Waals surface area contributed by atoms with Crippen molar-refractivity contribution >= 4 is 22.5 Å². The van der Waals surface area contributed by atoms with Crippen LogP contribution in [-0.4, -0.2) is 28.9 Å². The normalized spacial score (nSPS) is 25.5. The second-order valence-corrected chi connectivity index (χ2v) is 8.49. The number of nitrogens with zero attached hydrogens (tertiary/aromatic N) is 1. The molecule has 0 radical (unpaired) electrons. The molecule has 4 atom stereocenters. The van der Waals surface area contributed by atoms with Crippen molar-refractivity contribution in [1.82, 2.24) is 9.97 Å². The van der Waals surface area contributed by atoms with E-state index in [1.54, 1.807) is 0 Å². The largest absolute Gasteiger partial charge is 0.493 e. The van der Waals surface area contributed by atoms with Gasteiger partial charge in [0.15, 0.2) is 17.2 Å². The molecule has 1 aliphatic heterocycles. The van der Waals surface area contributed by atoms with Gasteiger partial charge >= 0.3 is 6.18 Å². The summed E-state index contributed by atoms with van der Waals surface area (Å²) >= 11 is 5.98. The van der Waals surface area contributed by atoms with Crippen LogP contribution >= 0.6 is 11.6 Å². The van der Waals surface area contributed by atoms with E-state index in [0.717, 1.165) is 26.2 Å². The SMILES string of the molecule is COc1c([C@H]2[C@H](c3nc4cc(Cl)ccc4c(=O)[nH]3)O[C@@](C)(C(F)(F)F)[C@H]2C)ccc(F)c1F. The van der Waals surface area contributed by atoms with Crippen LogP contribution in [0, 0.1) is 17.6 Å². The molecule has 1 saturated heterocycles. The van der Waals surface area contributed by atoms with E-state index in [-0.39, 0.29) is 27.3 Å². The van der Waals surface area contributed by atoms with Crippen LogP contribution in [-0.2, 0) is 4.74 Å². The van der Waals surface area contributed by atoms with Crippen LogP contribution in [0.5, 0.6) is 5.75 Å². The molecule has 1 N–H and O–H groups in total. The molecular weight excluding hydrogens is 471 g/mol. The standard InChI is InChI=1S/C22H18ClF5N2O3/c1-9-15(12-6-7-13(24)16(25)17(12)32-3)18(33-21(9,2)22(26,27)28)19-29-14-8-10(23)4-5-11(14)20(31)30-19/h4-9,15,18H,1-3H3,(H,29,30,31)/t9-,15-,18+,21+/m0/s1. The lowest BCUT2D eigenvalue weighted by Gasteiger charge is -2.32. The number of ether oxygens (including phenoxy) is 2. The summed E-state index contributed by atoms with van der Waals surface area (Å²) in [5, 5.41) is 0.445. The lowest BCUT2D eigenvalue weighted by Crippen LogP contribution is -2.46. The Hall–Kier alpha value is -2.72. The van der Waals surface area contributed by atoms with E-state index in [0.29, 0.717) is 0 Å². The molecule has 11 heteroatoms. The lowest BCUT2D eigenvalue weighted by molar-refractivity contribution is -0.275. The molecule has 0 unspecified atom stereocenters. The highest BCUT2D eigenvalue weighted by molar-refractivity contribution is 6.31. The summed E-state index contributed by atoms with van der Waals surface area (Å²) in [6.45, 7) is 2.15. The van der Waals surface area contributed by atoms with Crippen LogP contribution in [0.25, 0.3) is 10.9 Å². The van der Waals surface area contributed by atoms with Gasteiger partial charge in [-0.05, 0) is 31.2 Å². The van der Waals surface area contributed by atoms with Crippen molar-refractivity contribution in [1.29, 1.82) is 0 Å². The van der Waals surface area contributed by atoms with Crippen LogP contribution in [0.1, 0.15) is 37.3 Å². The van der Waals surface area contributed by atoms with E-state index in [1.807, 2.05) is 0 Å². The maximum absolute atomic E-state index is 14.5. The number of aromatic nitrogens is 2. The Morgan fingerprint density at radius 1 is 1.21 bits per heavy atom. The summed E-state index contributed by atoms with van der Waals surface area (Å²) < 4.78 is 81.1. The zero-order chi connectivity index (χ0) is 24.3. The number of methoxy groups -OCH3 is 1. The van der Waals surface area contributed by atoms with Gasteiger partial charge in [0.1, 0.15) is 11.9 Å². The molecule has 3 aromatic rings. The molecule has 176 valence electrons. The molecule has 0 saturated carbocycles. The van der Waals surface area contributed by atoms with Gasteiger partial charge < -0.3 is 14.5 Å². The van der Waals surface area contributed by atoms with E-state index in [1.165, 1.54) is 25.1 Å². The third-order valence-electron chi connectivity index (χ3n) is 6.27. The first-order valence-corrected chi connectivity index (χ1v) is 10.2. The van der Waals surface area contributed by atoms with Crippen molar-refractivity contribution in [2.24, 2.45) is 5.92 Å². The van der Waals surface area contributed by atoms with Crippen LogP contribution in [0.4, 0.5) is 22.0 Å². The Balaban J connectivity index is 1.97. The van der Waals surface area contributed by atoms with Gasteiger partial charge in [0.25, 0.3) is 5.56 Å². The van der Waals surface area contributed by atoms with E-state index in [4.69, 9.17) is 21.1 Å². The molecule has 2 heterocycles. The van der Waals surface area contributed by atoms with Crippen molar-refractivity contribution in [2.45, 2.75) is 37.6 Å². The molecule has 0 bridgehead atoms. The number of halogens is 6. The van der Waals surface area contributed by atoms with Crippen molar-refractivity contribution in [3.63, 3.8) is 0 Å². The molecule has 0 spiro atoms. The number of nitrogens with one attached hydrogen (secondary N) is 1. The number of fused-ring (bicyclic) bond motifs is 1. The average molecular weight is 489 g/mol. The molecule has 4 rings (SSSR count). The summed E-state index contributed by atoms with van der Waals surface area (Å²) in [6.07, 6.45) is -6.27. The maximum Gasteiger partial charge on any atom is 0.417 e. The highest BCUT2D eigenvalue weighted by Gasteiger charge is 2.65. The molecule has 5 nitrogen and oxygen atoms in total. The summed E-state index contributed by atoms with van der Waals surface area (Å²) in [5.74, 6) is -5.79. The highest BCUT2D eigenvalue weighted by Crippen LogP contribution is 2.59. The van der Waals surface area contributed by atoms with Crippen molar-refractivity contribution in [3.8, 4) is 5.75 Å². The number of rotatable bonds is 3. The summed E-state index contributed by atoms with van der Waals surface area (Å²) in [5.41, 5.74) is -3.19. The van der Waals surface area contributed by atoms with Gasteiger partial charge in [-0.15, -0.1) is 0 Å². The van der Waals surface area contributed by atoms with Crippen molar-refractivity contribution < 1.29 is 31.4 Å². The molecule has 1 aliphatic rings. The third kappa shape index (κ3) is 3.65. The monoisotopic (exact) mass is 488 g/mol. The molecule has 1 fully saturated rings. The van der Waals surface area contributed by atoms with Crippen LogP contribution in [0.3, 0.4) is 0 Å². The van der Waals surface area contributed by atoms with Gasteiger partial charge in [0, 0.05) is 22.4 Å². The number of hydrogen-bond donors (Lipinski definition) is 1. The van der Waals surface area contributed by atoms with Gasteiger partial charge in [-0.1, -0.05) is 24.6 Å². The number of hydrogen-bond acceptors (Lipinski definition) is 4. The third-order valence-corrected chi connectivity index (χ3v) is 6.50. The zero-order valence-electron chi connectivity index (χ0n) is 17.6. The van der Waals surface area contributed by atoms with E-state index >= 15 is 0 Å². The van der Waals surface area contributed by atoms with Crippen molar-refractivity contribution in [2.75, 3.05) is 7.11 Å². The number of H-pyrrole nitrogens is 1. The van der Waals surface area contributed by atoms with Crippen molar-refractivity contribution in [3.05, 3.63) is 68.7 Å². The van der Waals surface area contributed by atoms with E-state index < -0.39 is 52.7 Å². The molecule has 2 aromatic carbocycles. The quantitative estimate of drug-likeness (QED) is 0.482. The van der Waals surface area contributed by atoms with Gasteiger partial charge in [0.2, 0.25) is 5.82 Å². The minimum Gasteiger partial charge on any atom is -0.493 e. The Morgan fingerprint density at radius 3 is 2.55 bits per heavy atom. The second-order valence-electron chi connectivity index (χ2n) is 8.05. The van der Waals surface area contributed by atoms with Gasteiger partial charge in [-0.2, -0.15) is 17.6 Å². The predicted molar refractivity (Wildman–Crippen MR) is 110 cm³/mol. The Kier molecular flexibility index (Phi) is 5.65. The van der Waals surface area contributed by atoms with E-state index in [2.05, 4.69) is 9.97 Å². The predicted octanol–water partition coefficient (Wildman–Crippen LogP) is 5.68. The Bertz CT molecular complexity index is 1300. The molecular formula is C22H18ClF5N2O3. The van der Waals surface area contributed by atoms with Crippen LogP contribution in [0.2, 0.25) is 5.02 Å². The fourth-order valence-electron chi connectivity index (χ4n) is 4.31. The fourth-order valence-corrected chi connectivity index (χ4v) is 4.48. The zero-order valence-corrected chi connectivity index (χ0v) is 18.3. The number of aromatic amines is 1.